The van der Waals surface area contributed by atoms with Crippen molar-refractivity contribution in [3.8, 4) is 5.75 Å². The summed E-state index contributed by atoms with van der Waals surface area (Å²) in [6.45, 7) is 7.88. The van der Waals surface area contributed by atoms with Crippen LogP contribution in [0.1, 0.15) is 32.4 Å². The van der Waals surface area contributed by atoms with Crippen LogP contribution in [0.2, 0.25) is 0 Å². The second-order valence-corrected chi connectivity index (χ2v) is 4.43. The zero-order valence-electron chi connectivity index (χ0n) is 12.4. The summed E-state index contributed by atoms with van der Waals surface area (Å²) in [6, 6.07) is 5.42. The summed E-state index contributed by atoms with van der Waals surface area (Å²) in [5.41, 5.74) is 1.86. The zero-order chi connectivity index (χ0) is 15.0. The van der Waals surface area contributed by atoms with Crippen molar-refractivity contribution in [2.24, 2.45) is 0 Å². The molecule has 0 radical (unpaired) electrons. The first-order valence-electron chi connectivity index (χ1n) is 6.84. The molecule has 0 fully saturated rings. The third-order valence-corrected chi connectivity index (χ3v) is 2.55. The van der Waals surface area contributed by atoms with Gasteiger partial charge in [0.1, 0.15) is 11.4 Å². The Balaban J connectivity index is 0.000000612. The molecule has 0 spiro atoms. The lowest BCUT2D eigenvalue weighted by Crippen LogP contribution is -2.14. The Kier molecular flexibility index (Phi) is 6.50. The highest BCUT2D eigenvalue weighted by molar-refractivity contribution is 5.75. The fourth-order valence-electron chi connectivity index (χ4n) is 1.64. The van der Waals surface area contributed by atoms with E-state index < -0.39 is 0 Å². The van der Waals surface area contributed by atoms with Gasteiger partial charge in [-0.05, 0) is 25.0 Å². The van der Waals surface area contributed by atoms with Crippen LogP contribution < -0.4 is 10.3 Å². The van der Waals surface area contributed by atoms with Crippen LogP contribution in [0.5, 0.6) is 5.75 Å². The van der Waals surface area contributed by atoms with Crippen molar-refractivity contribution in [1.29, 1.82) is 0 Å². The van der Waals surface area contributed by atoms with Crippen molar-refractivity contribution < 1.29 is 4.74 Å². The molecule has 0 saturated carbocycles. The standard InChI is InChI=1S/C13H14N2O2.C3H8/c1-3-4-5-11-13(16)15-12-8-9(17-2)6-7-10(12)14-11;1-3-2/h3,6-8H,1,4-5H2,2H3,(H,15,16);3H2,1-2H3. The molecular weight excluding hydrogens is 252 g/mol. The molecule has 0 unspecified atom stereocenters. The van der Waals surface area contributed by atoms with E-state index in [4.69, 9.17) is 4.74 Å². The summed E-state index contributed by atoms with van der Waals surface area (Å²) in [5.74, 6) is 0.703. The summed E-state index contributed by atoms with van der Waals surface area (Å²) < 4.78 is 5.09. The average molecular weight is 274 g/mol. The number of allylic oxidation sites excluding steroid dienone is 1. The highest BCUT2D eigenvalue weighted by atomic mass is 16.5. The predicted molar refractivity (Wildman–Crippen MR) is 83.4 cm³/mol. The maximum absolute atomic E-state index is 11.7. The van der Waals surface area contributed by atoms with Gasteiger partial charge >= 0.3 is 0 Å². The average Bonchev–Trinajstić information content (AvgIpc) is 2.45. The Bertz CT molecular complexity index is 617. The van der Waals surface area contributed by atoms with Crippen molar-refractivity contribution in [3.05, 3.63) is 46.9 Å². The van der Waals surface area contributed by atoms with Crippen molar-refractivity contribution in [2.45, 2.75) is 33.1 Å². The summed E-state index contributed by atoms with van der Waals surface area (Å²) in [7, 11) is 1.59. The number of nitrogens with zero attached hydrogens (tertiary/aromatic N) is 1. The quantitative estimate of drug-likeness (QED) is 0.869. The normalized spacial score (nSPS) is 9.75. The lowest BCUT2D eigenvalue weighted by Gasteiger charge is -2.03. The number of hydrogen-bond acceptors (Lipinski definition) is 3. The van der Waals surface area contributed by atoms with Gasteiger partial charge in [0, 0.05) is 6.07 Å². The van der Waals surface area contributed by atoms with Crippen molar-refractivity contribution in [3.63, 3.8) is 0 Å². The van der Waals surface area contributed by atoms with Gasteiger partial charge in [-0.1, -0.05) is 26.3 Å². The third-order valence-electron chi connectivity index (χ3n) is 2.55. The lowest BCUT2D eigenvalue weighted by molar-refractivity contribution is 0.415. The van der Waals surface area contributed by atoms with E-state index in [2.05, 4.69) is 30.4 Å². The van der Waals surface area contributed by atoms with E-state index in [-0.39, 0.29) is 5.56 Å². The monoisotopic (exact) mass is 274 g/mol. The number of H-pyrrole nitrogens is 1. The van der Waals surface area contributed by atoms with E-state index in [0.29, 0.717) is 23.4 Å². The molecule has 1 aromatic carbocycles. The molecule has 0 saturated heterocycles. The van der Waals surface area contributed by atoms with Crippen LogP contribution in [0.4, 0.5) is 0 Å². The first-order valence-corrected chi connectivity index (χ1v) is 6.84. The van der Waals surface area contributed by atoms with Gasteiger partial charge in [0.2, 0.25) is 0 Å². The Labute approximate surface area is 119 Å². The van der Waals surface area contributed by atoms with Crippen LogP contribution in [0.3, 0.4) is 0 Å². The third kappa shape index (κ3) is 4.23. The summed E-state index contributed by atoms with van der Waals surface area (Å²) >= 11 is 0. The second kappa shape index (κ2) is 8.15. The number of ether oxygens (including phenoxy) is 1. The van der Waals surface area contributed by atoms with Gasteiger partial charge in [-0.2, -0.15) is 0 Å². The second-order valence-electron chi connectivity index (χ2n) is 4.43. The molecule has 0 aliphatic carbocycles. The topological polar surface area (TPSA) is 55.0 Å². The van der Waals surface area contributed by atoms with Gasteiger partial charge in [0.15, 0.2) is 0 Å². The number of rotatable bonds is 4. The largest absolute Gasteiger partial charge is 0.497 e. The van der Waals surface area contributed by atoms with E-state index in [0.717, 1.165) is 11.9 Å². The maximum atomic E-state index is 11.7. The maximum Gasteiger partial charge on any atom is 0.270 e. The number of fused-ring (bicyclic) bond motifs is 1. The first-order chi connectivity index (χ1) is 9.65. The van der Waals surface area contributed by atoms with Gasteiger partial charge in [0.25, 0.3) is 5.56 Å². The molecule has 2 rings (SSSR count). The van der Waals surface area contributed by atoms with E-state index in [9.17, 15) is 4.79 Å². The zero-order valence-corrected chi connectivity index (χ0v) is 12.4. The van der Waals surface area contributed by atoms with E-state index >= 15 is 0 Å². The van der Waals surface area contributed by atoms with Crippen LogP contribution in [0, 0.1) is 0 Å². The smallest absolute Gasteiger partial charge is 0.270 e. The molecule has 0 aliphatic rings. The van der Waals surface area contributed by atoms with Crippen LogP contribution in [-0.4, -0.2) is 17.1 Å². The van der Waals surface area contributed by atoms with Gasteiger partial charge in [-0.25, -0.2) is 4.98 Å². The minimum Gasteiger partial charge on any atom is -0.497 e. The number of aryl methyl sites for hydroxylation is 1. The van der Waals surface area contributed by atoms with E-state index in [1.54, 1.807) is 19.3 Å². The molecule has 0 atom stereocenters. The molecule has 20 heavy (non-hydrogen) atoms. The SMILES string of the molecule is C=CCCc1nc2ccc(OC)cc2[nH]c1=O.CCC. The molecule has 1 N–H and O–H groups in total. The van der Waals surface area contributed by atoms with Crippen molar-refractivity contribution in [2.75, 3.05) is 7.11 Å². The molecular formula is C16H22N2O2. The Hall–Kier alpha value is -2.10. The summed E-state index contributed by atoms with van der Waals surface area (Å²) in [6.07, 6.45) is 4.39. The van der Waals surface area contributed by atoms with Gasteiger partial charge in [0.05, 0.1) is 18.1 Å². The van der Waals surface area contributed by atoms with Crippen LogP contribution in [0.25, 0.3) is 11.0 Å². The molecule has 0 aliphatic heterocycles. The molecule has 1 aromatic heterocycles. The van der Waals surface area contributed by atoms with Crippen molar-refractivity contribution >= 4 is 11.0 Å². The molecule has 0 amide bonds. The number of nitrogens with one attached hydrogen (secondary N) is 1. The van der Waals surface area contributed by atoms with E-state index in [1.807, 2.05) is 12.1 Å². The summed E-state index contributed by atoms with van der Waals surface area (Å²) in [4.78, 5) is 18.9. The fraction of sp³-hybridized carbons (Fsp3) is 0.375. The molecule has 1 heterocycles. The molecule has 108 valence electrons. The Morgan fingerprint density at radius 3 is 2.70 bits per heavy atom. The highest BCUT2D eigenvalue weighted by Crippen LogP contribution is 2.16. The lowest BCUT2D eigenvalue weighted by atomic mass is 10.2. The molecule has 4 nitrogen and oxygen atoms in total. The van der Waals surface area contributed by atoms with Gasteiger partial charge < -0.3 is 9.72 Å². The first kappa shape index (κ1) is 16.0. The summed E-state index contributed by atoms with van der Waals surface area (Å²) in [5, 5.41) is 0. The number of aromatic amines is 1. The number of aromatic nitrogens is 2. The Morgan fingerprint density at radius 1 is 1.40 bits per heavy atom. The predicted octanol–water partition coefficient (Wildman–Crippen LogP) is 3.47. The van der Waals surface area contributed by atoms with Crippen LogP contribution in [0.15, 0.2) is 35.6 Å². The molecule has 4 heteroatoms. The minimum atomic E-state index is -0.146. The minimum absolute atomic E-state index is 0.146. The van der Waals surface area contributed by atoms with Crippen LogP contribution in [-0.2, 0) is 6.42 Å². The Morgan fingerprint density at radius 2 is 2.10 bits per heavy atom. The van der Waals surface area contributed by atoms with Gasteiger partial charge in [-0.15, -0.1) is 6.58 Å². The number of methoxy groups -OCH3 is 1. The number of benzene rings is 1. The molecule has 0 bridgehead atoms. The van der Waals surface area contributed by atoms with Gasteiger partial charge in [-0.3, -0.25) is 4.79 Å². The fourth-order valence-corrected chi connectivity index (χ4v) is 1.64. The van der Waals surface area contributed by atoms with Crippen molar-refractivity contribution in [1.82, 2.24) is 9.97 Å². The number of hydrogen-bond donors (Lipinski definition) is 1. The van der Waals surface area contributed by atoms with Crippen LogP contribution >= 0.6 is 0 Å². The van der Waals surface area contributed by atoms with E-state index in [1.165, 1.54) is 6.42 Å². The molecule has 2 aromatic rings. The highest BCUT2D eigenvalue weighted by Gasteiger charge is 2.04.